The van der Waals surface area contributed by atoms with Gasteiger partial charge in [-0.25, -0.2) is 12.8 Å². The Balaban J connectivity index is 1.42. The number of hydrogen-bond acceptors (Lipinski definition) is 6. The van der Waals surface area contributed by atoms with E-state index in [1.165, 1.54) is 6.07 Å². The van der Waals surface area contributed by atoms with Gasteiger partial charge in [0.15, 0.2) is 21.4 Å². The van der Waals surface area contributed by atoms with Crippen LogP contribution in [0, 0.1) is 11.7 Å². The van der Waals surface area contributed by atoms with Gasteiger partial charge in [0.05, 0.1) is 18.1 Å². The van der Waals surface area contributed by atoms with E-state index in [1.54, 1.807) is 12.1 Å². The number of nitrogens with one attached hydrogen (secondary N) is 1. The summed E-state index contributed by atoms with van der Waals surface area (Å²) in [5, 5.41) is 2.22. The summed E-state index contributed by atoms with van der Waals surface area (Å²) >= 11 is 0. The largest absolute Gasteiger partial charge is 0.490 e. The minimum Gasteiger partial charge on any atom is -0.490 e. The van der Waals surface area contributed by atoms with E-state index in [9.17, 15) is 22.4 Å². The number of amides is 2. The van der Waals surface area contributed by atoms with Crippen molar-refractivity contribution in [2.24, 2.45) is 10.9 Å². The molecule has 1 aliphatic carbocycles. The fourth-order valence-corrected chi connectivity index (χ4v) is 5.22. The molecule has 9 heteroatoms. The smallest absolute Gasteiger partial charge is 0.271 e. The lowest BCUT2D eigenvalue weighted by Crippen LogP contribution is -2.41. The van der Waals surface area contributed by atoms with E-state index in [4.69, 9.17) is 4.74 Å². The van der Waals surface area contributed by atoms with Crippen LogP contribution in [0.3, 0.4) is 0 Å². The lowest BCUT2D eigenvalue weighted by atomic mass is 10.0. The number of ether oxygens (including phenoxy) is 1. The van der Waals surface area contributed by atoms with Crippen LogP contribution in [-0.2, 0) is 19.4 Å². The van der Waals surface area contributed by atoms with Crippen LogP contribution in [0.2, 0.25) is 0 Å². The molecule has 1 aromatic carbocycles. The fraction of sp³-hybridized carbons (Fsp3) is 0.591. The lowest BCUT2D eigenvalue weighted by molar-refractivity contribution is -0.127. The average Bonchev–Trinajstić information content (AvgIpc) is 3.52. The first kappa shape index (κ1) is 23.4. The summed E-state index contributed by atoms with van der Waals surface area (Å²) in [7, 11) is -3.28. The maximum atomic E-state index is 14.0. The highest BCUT2D eigenvalue weighted by Gasteiger charge is 2.23. The molecule has 1 aliphatic heterocycles. The first-order valence-electron chi connectivity index (χ1n) is 10.7. The van der Waals surface area contributed by atoms with Crippen LogP contribution in [0.4, 0.5) is 4.39 Å². The Hall–Kier alpha value is -2.29. The van der Waals surface area contributed by atoms with Gasteiger partial charge < -0.3 is 4.74 Å². The van der Waals surface area contributed by atoms with Crippen molar-refractivity contribution in [2.75, 3.05) is 24.7 Å². The van der Waals surface area contributed by atoms with Crippen LogP contribution >= 0.6 is 0 Å². The Morgan fingerprint density at radius 2 is 2.00 bits per heavy atom. The second-order valence-corrected chi connectivity index (χ2v) is 10.6. The summed E-state index contributed by atoms with van der Waals surface area (Å²) in [4.78, 5) is 26.6. The SMILES string of the molecule is C[C@@H](CS(=O)(=O)CCCCCC1=NCC(=O)NC1=O)c1ccc(F)c(OCC2CC2)c1. The Morgan fingerprint density at radius 1 is 1.23 bits per heavy atom. The van der Waals surface area contributed by atoms with Gasteiger partial charge in [0.25, 0.3) is 5.91 Å². The monoisotopic (exact) mass is 452 g/mol. The van der Waals surface area contributed by atoms with E-state index in [-0.39, 0.29) is 29.7 Å². The van der Waals surface area contributed by atoms with Crippen molar-refractivity contribution >= 4 is 27.4 Å². The molecule has 1 heterocycles. The van der Waals surface area contributed by atoms with Crippen molar-refractivity contribution < 1.29 is 27.1 Å². The third kappa shape index (κ3) is 7.41. The van der Waals surface area contributed by atoms with Crippen molar-refractivity contribution in [1.82, 2.24) is 5.32 Å². The second kappa shape index (κ2) is 10.3. The summed E-state index contributed by atoms with van der Waals surface area (Å²) < 4.78 is 44.5. The topological polar surface area (TPSA) is 102 Å². The van der Waals surface area contributed by atoms with E-state index < -0.39 is 27.5 Å². The Labute approximate surface area is 182 Å². The third-order valence-corrected chi connectivity index (χ3v) is 7.42. The Kier molecular flexibility index (Phi) is 7.80. The molecule has 0 spiro atoms. The number of carbonyl (C=O) groups excluding carboxylic acids is 2. The highest BCUT2D eigenvalue weighted by atomic mass is 32.2. The van der Waals surface area contributed by atoms with Gasteiger partial charge in [-0.2, -0.15) is 0 Å². The zero-order chi connectivity index (χ0) is 22.4. The number of halogens is 1. The number of hydrogen-bond donors (Lipinski definition) is 1. The molecule has 0 aromatic heterocycles. The first-order valence-corrected chi connectivity index (χ1v) is 12.6. The number of rotatable bonds is 12. The van der Waals surface area contributed by atoms with E-state index in [1.807, 2.05) is 6.92 Å². The molecule has 7 nitrogen and oxygen atoms in total. The summed E-state index contributed by atoms with van der Waals surface area (Å²) in [6, 6.07) is 4.55. The van der Waals surface area contributed by atoms with Crippen molar-refractivity contribution in [2.45, 2.75) is 51.4 Å². The molecular formula is C22H29FN2O5S. The Morgan fingerprint density at radius 3 is 2.71 bits per heavy atom. The van der Waals surface area contributed by atoms with E-state index in [2.05, 4.69) is 10.3 Å². The number of carbonyl (C=O) groups is 2. The van der Waals surface area contributed by atoms with E-state index in [0.29, 0.717) is 43.9 Å². The standard InChI is InChI=1S/C22H29FN2O5S/c1-15(17-8-9-18(23)20(11-17)30-13-16-6-7-16)14-31(28,29)10-4-2-3-5-19-22(27)25-21(26)12-24-19/h8-9,11,15-16H,2-7,10,12-14H2,1H3,(H,25,26,27)/t15-/m0/s1. The van der Waals surface area contributed by atoms with Gasteiger partial charge in [0.2, 0.25) is 5.91 Å². The fourth-order valence-electron chi connectivity index (χ4n) is 3.45. The quantitative estimate of drug-likeness (QED) is 0.388. The minimum atomic E-state index is -3.28. The number of sulfone groups is 1. The highest BCUT2D eigenvalue weighted by Crippen LogP contribution is 2.31. The van der Waals surface area contributed by atoms with E-state index in [0.717, 1.165) is 18.4 Å². The molecule has 1 saturated carbocycles. The number of benzene rings is 1. The van der Waals surface area contributed by atoms with Gasteiger partial charge in [0, 0.05) is 0 Å². The van der Waals surface area contributed by atoms with Crippen LogP contribution in [0.25, 0.3) is 0 Å². The number of unbranched alkanes of at least 4 members (excludes halogenated alkanes) is 2. The summed E-state index contributed by atoms with van der Waals surface area (Å²) in [6.07, 6.45) is 4.40. The normalized spacial score (nSPS) is 17.8. The van der Waals surface area contributed by atoms with Crippen molar-refractivity contribution in [3.8, 4) is 5.75 Å². The van der Waals surface area contributed by atoms with Gasteiger partial charge in [0.1, 0.15) is 12.3 Å². The summed E-state index contributed by atoms with van der Waals surface area (Å²) in [6.45, 7) is 2.28. The Bertz CT molecular complexity index is 957. The van der Waals surface area contributed by atoms with Crippen molar-refractivity contribution in [3.05, 3.63) is 29.6 Å². The molecule has 0 radical (unpaired) electrons. The molecule has 0 unspecified atom stereocenters. The third-order valence-electron chi connectivity index (χ3n) is 5.50. The van der Waals surface area contributed by atoms with Crippen LogP contribution < -0.4 is 10.1 Å². The first-order chi connectivity index (χ1) is 14.7. The van der Waals surface area contributed by atoms with Crippen molar-refractivity contribution in [3.63, 3.8) is 0 Å². The molecular weight excluding hydrogens is 423 g/mol. The molecule has 1 fully saturated rings. The lowest BCUT2D eigenvalue weighted by Gasteiger charge is -2.15. The molecule has 1 atom stereocenters. The van der Waals surface area contributed by atoms with Gasteiger partial charge in [-0.15, -0.1) is 0 Å². The molecule has 2 amide bonds. The molecule has 170 valence electrons. The minimum absolute atomic E-state index is 0.0159. The predicted octanol–water partition coefficient (Wildman–Crippen LogP) is 2.79. The number of nitrogens with zero attached hydrogens (tertiary/aromatic N) is 1. The van der Waals surface area contributed by atoms with Crippen molar-refractivity contribution in [1.29, 1.82) is 0 Å². The van der Waals surface area contributed by atoms with Gasteiger partial charge in [-0.1, -0.05) is 19.4 Å². The predicted molar refractivity (Wildman–Crippen MR) is 116 cm³/mol. The van der Waals surface area contributed by atoms with Crippen LogP contribution in [0.5, 0.6) is 5.75 Å². The molecule has 0 bridgehead atoms. The van der Waals surface area contributed by atoms with Gasteiger partial charge in [-0.05, 0) is 61.6 Å². The average molecular weight is 453 g/mol. The zero-order valence-corrected chi connectivity index (χ0v) is 18.5. The van der Waals surface area contributed by atoms with Gasteiger partial charge in [-0.3, -0.25) is 19.9 Å². The highest BCUT2D eigenvalue weighted by molar-refractivity contribution is 7.91. The maximum absolute atomic E-state index is 14.0. The molecule has 0 saturated heterocycles. The molecule has 2 aliphatic rings. The van der Waals surface area contributed by atoms with Crippen LogP contribution in [0.1, 0.15) is 56.9 Å². The molecule has 1 N–H and O–H groups in total. The molecule has 31 heavy (non-hydrogen) atoms. The second-order valence-electron chi connectivity index (χ2n) is 8.41. The summed E-state index contributed by atoms with van der Waals surface area (Å²) in [5.74, 6) is -0.840. The number of aliphatic imine (C=N–C) groups is 1. The van der Waals surface area contributed by atoms with Crippen LogP contribution in [0.15, 0.2) is 23.2 Å². The van der Waals surface area contributed by atoms with Crippen LogP contribution in [-0.4, -0.2) is 50.6 Å². The molecule has 1 aromatic rings. The maximum Gasteiger partial charge on any atom is 0.271 e. The van der Waals surface area contributed by atoms with Gasteiger partial charge >= 0.3 is 0 Å². The number of imide groups is 1. The van der Waals surface area contributed by atoms with E-state index >= 15 is 0 Å². The summed E-state index contributed by atoms with van der Waals surface area (Å²) in [5.41, 5.74) is 1.08. The molecule has 3 rings (SSSR count). The zero-order valence-electron chi connectivity index (χ0n) is 17.7.